The van der Waals surface area contributed by atoms with Crippen molar-refractivity contribution in [3.05, 3.63) is 40.6 Å². The summed E-state index contributed by atoms with van der Waals surface area (Å²) in [6.45, 7) is 12.0. The zero-order chi connectivity index (χ0) is 26.7. The van der Waals surface area contributed by atoms with Gasteiger partial charge in [-0.05, 0) is 75.6 Å². The van der Waals surface area contributed by atoms with Crippen LogP contribution in [0.2, 0.25) is 0 Å². The van der Waals surface area contributed by atoms with E-state index in [9.17, 15) is 8.42 Å². The molecule has 1 N–H and O–H groups in total. The van der Waals surface area contributed by atoms with E-state index in [1.54, 1.807) is 0 Å². The first-order valence-corrected chi connectivity index (χ1v) is 15.9. The molecule has 0 spiro atoms. The summed E-state index contributed by atoms with van der Waals surface area (Å²) in [6.07, 6.45) is 7.98. The van der Waals surface area contributed by atoms with Crippen LogP contribution in [-0.2, 0) is 16.5 Å². The minimum atomic E-state index is -3.54. The zero-order valence-corrected chi connectivity index (χ0v) is 23.9. The number of aromatic nitrogens is 2. The Kier molecular flexibility index (Phi) is 8.40. The molecule has 0 radical (unpaired) electrons. The molecular weight excluding hydrogens is 500 g/mol. The molecule has 9 nitrogen and oxygen atoms in total. The normalized spacial score (nSPS) is 20.9. The maximum Gasteiger partial charge on any atom is 0.306 e. The van der Waals surface area contributed by atoms with Crippen LogP contribution in [0.3, 0.4) is 0 Å². The summed E-state index contributed by atoms with van der Waals surface area (Å²) in [6, 6.07) is 6.52. The third-order valence-electron chi connectivity index (χ3n) is 7.85. The predicted molar refractivity (Wildman–Crippen MR) is 152 cm³/mol. The Labute approximate surface area is 227 Å². The molecule has 1 unspecified atom stereocenters. The Bertz CT molecular complexity index is 1170. The lowest BCUT2D eigenvalue weighted by molar-refractivity contribution is 0.197. The van der Waals surface area contributed by atoms with Gasteiger partial charge in [0.1, 0.15) is 11.6 Å². The smallest absolute Gasteiger partial charge is 0.306 e. The first-order chi connectivity index (χ1) is 18.2. The van der Waals surface area contributed by atoms with Gasteiger partial charge in [-0.25, -0.2) is 4.98 Å². The lowest BCUT2D eigenvalue weighted by atomic mass is 10.0. The molecule has 3 aliphatic heterocycles. The summed E-state index contributed by atoms with van der Waals surface area (Å²) in [5, 5.41) is 3.72. The number of nitrogens with one attached hydrogen (secondary N) is 1. The molecule has 3 aliphatic rings. The first-order valence-electron chi connectivity index (χ1n) is 14.1. The minimum absolute atomic E-state index is 0.200. The molecule has 38 heavy (non-hydrogen) atoms. The van der Waals surface area contributed by atoms with Crippen LogP contribution >= 0.6 is 0 Å². The van der Waals surface area contributed by atoms with Gasteiger partial charge in [-0.3, -0.25) is 0 Å². The maximum absolute atomic E-state index is 11.6. The van der Waals surface area contributed by atoms with Crippen LogP contribution in [-0.4, -0.2) is 81.9 Å². The molecule has 1 aromatic carbocycles. The Morgan fingerprint density at radius 1 is 0.947 bits per heavy atom. The quantitative estimate of drug-likeness (QED) is 0.480. The molecule has 0 saturated carbocycles. The van der Waals surface area contributed by atoms with Crippen LogP contribution in [0.1, 0.15) is 60.5 Å². The molecule has 0 aliphatic carbocycles. The van der Waals surface area contributed by atoms with E-state index in [1.165, 1.54) is 31.2 Å². The van der Waals surface area contributed by atoms with E-state index in [4.69, 9.17) is 14.2 Å². The molecular formula is C28H42N6O3S. The Morgan fingerprint density at radius 3 is 2.26 bits per heavy atom. The topological polar surface area (TPSA) is 90.9 Å². The monoisotopic (exact) mass is 542 g/mol. The van der Waals surface area contributed by atoms with E-state index < -0.39 is 10.1 Å². The molecule has 4 heterocycles. The van der Waals surface area contributed by atoms with Crippen molar-refractivity contribution in [1.29, 1.82) is 0 Å². The van der Waals surface area contributed by atoms with Gasteiger partial charge in [0.05, 0.1) is 18.0 Å². The molecule has 5 rings (SSSR count). The number of piperazine rings is 1. The Morgan fingerprint density at radius 2 is 1.61 bits per heavy atom. The van der Waals surface area contributed by atoms with Crippen molar-refractivity contribution in [2.45, 2.75) is 58.4 Å². The van der Waals surface area contributed by atoms with Crippen LogP contribution in [0.25, 0.3) is 0 Å². The van der Waals surface area contributed by atoms with Gasteiger partial charge in [0.25, 0.3) is 0 Å². The Hall–Kier alpha value is -2.43. The van der Waals surface area contributed by atoms with Gasteiger partial charge < -0.3 is 24.2 Å². The summed E-state index contributed by atoms with van der Waals surface area (Å²) in [7, 11) is -3.54. The summed E-state index contributed by atoms with van der Waals surface area (Å²) in [4.78, 5) is 17.4. The molecule has 10 heteroatoms. The summed E-state index contributed by atoms with van der Waals surface area (Å²) in [5.74, 6) is 2.44. The van der Waals surface area contributed by atoms with Gasteiger partial charge >= 0.3 is 10.1 Å². The van der Waals surface area contributed by atoms with Crippen LogP contribution in [0.4, 0.5) is 11.8 Å². The molecule has 0 amide bonds. The highest BCUT2D eigenvalue weighted by Gasteiger charge is 2.26. The van der Waals surface area contributed by atoms with Gasteiger partial charge in [0.2, 0.25) is 5.95 Å². The number of nitrogens with zero attached hydrogens (tertiary/aromatic N) is 5. The fourth-order valence-corrected chi connectivity index (χ4v) is 6.54. The Balaban J connectivity index is 1.23. The fraction of sp³-hybridized carbons (Fsp3) is 0.643. The second-order valence-corrected chi connectivity index (χ2v) is 12.7. The standard InChI is InChI=1S/C28H42N6O3S/c1-21-17-23(18-22(2)27(21)37-38(3,35)36)9-8-11-32-16-10-29-25(20-32)24-19-26(33-12-4-5-13-33)31-28(30-24)34-14-6-7-15-34/h17-19,25,29H,4-16,20H2,1-3H3. The van der Waals surface area contributed by atoms with Gasteiger partial charge in [0.15, 0.2) is 0 Å². The van der Waals surface area contributed by atoms with Crippen molar-refractivity contribution in [3.63, 3.8) is 0 Å². The number of hydrogen-bond donors (Lipinski definition) is 1. The van der Waals surface area contributed by atoms with Crippen LogP contribution in [0, 0.1) is 13.8 Å². The molecule has 3 fully saturated rings. The van der Waals surface area contributed by atoms with Gasteiger partial charge in [-0.1, -0.05) is 12.1 Å². The maximum atomic E-state index is 11.6. The molecule has 1 atom stereocenters. The minimum Gasteiger partial charge on any atom is -0.382 e. The average Bonchev–Trinajstić information content (AvgIpc) is 3.61. The highest BCUT2D eigenvalue weighted by Crippen LogP contribution is 2.28. The summed E-state index contributed by atoms with van der Waals surface area (Å²) >= 11 is 0. The van der Waals surface area contributed by atoms with Crippen molar-refractivity contribution in [2.75, 3.05) is 68.4 Å². The number of anilines is 2. The third kappa shape index (κ3) is 6.76. The average molecular weight is 543 g/mol. The number of aryl methyl sites for hydroxylation is 3. The summed E-state index contributed by atoms with van der Waals surface area (Å²) in [5.41, 5.74) is 4.05. The molecule has 2 aromatic rings. The van der Waals surface area contributed by atoms with E-state index in [0.717, 1.165) is 100 Å². The second-order valence-electron chi connectivity index (χ2n) is 11.1. The number of hydrogen-bond acceptors (Lipinski definition) is 9. The summed E-state index contributed by atoms with van der Waals surface area (Å²) < 4.78 is 28.4. The lowest BCUT2D eigenvalue weighted by Gasteiger charge is -2.34. The van der Waals surface area contributed by atoms with Gasteiger partial charge in [-0.2, -0.15) is 13.4 Å². The predicted octanol–water partition coefficient (Wildman–Crippen LogP) is 3.21. The molecule has 208 valence electrons. The van der Waals surface area contributed by atoms with E-state index in [0.29, 0.717) is 5.75 Å². The van der Waals surface area contributed by atoms with Gasteiger partial charge in [-0.15, -0.1) is 0 Å². The third-order valence-corrected chi connectivity index (χ3v) is 8.32. The van der Waals surface area contributed by atoms with Crippen LogP contribution in [0.15, 0.2) is 18.2 Å². The van der Waals surface area contributed by atoms with Crippen molar-refractivity contribution < 1.29 is 12.6 Å². The van der Waals surface area contributed by atoms with Gasteiger partial charge in [0, 0.05) is 51.9 Å². The van der Waals surface area contributed by atoms with E-state index in [1.807, 2.05) is 13.8 Å². The molecule has 3 saturated heterocycles. The van der Waals surface area contributed by atoms with Crippen molar-refractivity contribution in [1.82, 2.24) is 20.2 Å². The number of benzene rings is 1. The zero-order valence-electron chi connectivity index (χ0n) is 23.1. The van der Waals surface area contributed by atoms with E-state index >= 15 is 0 Å². The molecule has 1 aromatic heterocycles. The van der Waals surface area contributed by atoms with Crippen LogP contribution in [0.5, 0.6) is 5.75 Å². The number of rotatable bonds is 9. The van der Waals surface area contributed by atoms with Crippen LogP contribution < -0.4 is 19.3 Å². The lowest BCUT2D eigenvalue weighted by Crippen LogP contribution is -2.46. The van der Waals surface area contributed by atoms with Crippen molar-refractivity contribution in [3.8, 4) is 5.75 Å². The first kappa shape index (κ1) is 27.1. The second kappa shape index (κ2) is 11.8. The largest absolute Gasteiger partial charge is 0.382 e. The molecule has 0 bridgehead atoms. The fourth-order valence-electron chi connectivity index (χ4n) is 5.97. The van der Waals surface area contributed by atoms with E-state index in [-0.39, 0.29) is 6.04 Å². The SMILES string of the molecule is Cc1cc(CCCN2CCNC(c3cc(N4CCCC4)nc(N4CCCC4)n3)C2)cc(C)c1OS(C)(=O)=O. The van der Waals surface area contributed by atoms with Crippen molar-refractivity contribution in [2.24, 2.45) is 0 Å². The highest BCUT2D eigenvalue weighted by atomic mass is 32.2. The van der Waals surface area contributed by atoms with Crippen molar-refractivity contribution >= 4 is 21.9 Å². The highest BCUT2D eigenvalue weighted by molar-refractivity contribution is 7.86. The van der Waals surface area contributed by atoms with E-state index in [2.05, 4.69) is 38.2 Å².